The van der Waals surface area contributed by atoms with Crippen molar-refractivity contribution in [1.82, 2.24) is 15.5 Å². The van der Waals surface area contributed by atoms with E-state index in [-0.39, 0.29) is 18.6 Å². The van der Waals surface area contributed by atoms with E-state index in [0.717, 1.165) is 5.56 Å². The van der Waals surface area contributed by atoms with Crippen LogP contribution in [0.15, 0.2) is 59.1 Å². The third-order valence-electron chi connectivity index (χ3n) is 3.68. The number of hydrogen-bond acceptors (Lipinski definition) is 5. The molecule has 2 aromatic carbocycles. The number of nitrogens with one attached hydrogen (secondary N) is 1. The number of rotatable bonds is 6. The van der Waals surface area contributed by atoms with Gasteiger partial charge in [0.05, 0.1) is 11.6 Å². The van der Waals surface area contributed by atoms with Gasteiger partial charge in [-0.3, -0.25) is 4.79 Å². The number of aryl methyl sites for hydroxylation is 1. The Labute approximate surface area is 145 Å². The van der Waals surface area contributed by atoms with Gasteiger partial charge in [-0.25, -0.2) is 0 Å². The second-order valence-electron chi connectivity index (χ2n) is 5.63. The molecule has 0 fully saturated rings. The van der Waals surface area contributed by atoms with Crippen LogP contribution in [0, 0.1) is 6.92 Å². The van der Waals surface area contributed by atoms with Crippen LogP contribution >= 0.6 is 0 Å². The predicted molar refractivity (Wildman–Crippen MR) is 93.0 cm³/mol. The summed E-state index contributed by atoms with van der Waals surface area (Å²) in [5, 5.41) is 6.70. The Bertz CT molecular complexity index is 846. The van der Waals surface area contributed by atoms with Crippen molar-refractivity contribution in [3.8, 4) is 17.2 Å². The molecule has 3 rings (SSSR count). The largest absolute Gasteiger partial charge is 0.483 e. The maximum Gasteiger partial charge on any atom is 0.261 e. The van der Waals surface area contributed by atoms with Crippen LogP contribution in [0.2, 0.25) is 0 Å². The van der Waals surface area contributed by atoms with Gasteiger partial charge >= 0.3 is 0 Å². The number of aromatic nitrogens is 2. The zero-order chi connectivity index (χ0) is 17.6. The smallest absolute Gasteiger partial charge is 0.261 e. The van der Waals surface area contributed by atoms with E-state index >= 15 is 0 Å². The monoisotopic (exact) mass is 337 g/mol. The number of ether oxygens (including phenoxy) is 1. The maximum absolute atomic E-state index is 12.2. The lowest BCUT2D eigenvalue weighted by molar-refractivity contribution is -0.123. The van der Waals surface area contributed by atoms with Crippen molar-refractivity contribution in [2.24, 2.45) is 0 Å². The van der Waals surface area contributed by atoms with Gasteiger partial charge in [0.2, 0.25) is 0 Å². The van der Waals surface area contributed by atoms with Crippen molar-refractivity contribution >= 4 is 5.91 Å². The molecule has 0 aliphatic rings. The molecule has 1 N–H and O–H groups in total. The van der Waals surface area contributed by atoms with Gasteiger partial charge in [-0.2, -0.15) is 4.98 Å². The molecular formula is C19H19N3O3. The van der Waals surface area contributed by atoms with Crippen molar-refractivity contribution in [2.75, 3.05) is 6.61 Å². The maximum atomic E-state index is 12.2. The number of benzene rings is 2. The summed E-state index contributed by atoms with van der Waals surface area (Å²) in [6.07, 6.45) is 0. The quantitative estimate of drug-likeness (QED) is 0.747. The van der Waals surface area contributed by atoms with E-state index in [4.69, 9.17) is 9.26 Å². The SMILES string of the molecule is Cc1noc(-c2ccccc2OCC(=O)NC(C)c2ccccc2)n1. The van der Waals surface area contributed by atoms with Crippen molar-refractivity contribution in [3.05, 3.63) is 66.0 Å². The highest BCUT2D eigenvalue weighted by Crippen LogP contribution is 2.28. The van der Waals surface area contributed by atoms with Gasteiger partial charge in [0, 0.05) is 0 Å². The van der Waals surface area contributed by atoms with Gasteiger partial charge in [0.1, 0.15) is 5.75 Å². The van der Waals surface area contributed by atoms with E-state index in [1.54, 1.807) is 13.0 Å². The van der Waals surface area contributed by atoms with Crippen LogP contribution in [-0.2, 0) is 4.79 Å². The van der Waals surface area contributed by atoms with Crippen LogP contribution in [-0.4, -0.2) is 22.7 Å². The lowest BCUT2D eigenvalue weighted by Gasteiger charge is -2.15. The van der Waals surface area contributed by atoms with Crippen LogP contribution < -0.4 is 10.1 Å². The number of carbonyl (C=O) groups is 1. The van der Waals surface area contributed by atoms with Crippen molar-refractivity contribution in [1.29, 1.82) is 0 Å². The minimum atomic E-state index is -0.201. The molecule has 25 heavy (non-hydrogen) atoms. The van der Waals surface area contributed by atoms with Crippen molar-refractivity contribution in [3.63, 3.8) is 0 Å². The summed E-state index contributed by atoms with van der Waals surface area (Å²) < 4.78 is 10.8. The van der Waals surface area contributed by atoms with Gasteiger partial charge in [0.25, 0.3) is 11.8 Å². The lowest BCUT2D eigenvalue weighted by atomic mass is 10.1. The van der Waals surface area contributed by atoms with Gasteiger partial charge in [-0.15, -0.1) is 0 Å². The Hall–Kier alpha value is -3.15. The second-order valence-corrected chi connectivity index (χ2v) is 5.63. The second kappa shape index (κ2) is 7.61. The molecule has 6 heteroatoms. The van der Waals surface area contributed by atoms with Crippen LogP contribution in [0.25, 0.3) is 11.5 Å². The van der Waals surface area contributed by atoms with Crippen molar-refractivity contribution < 1.29 is 14.1 Å². The highest BCUT2D eigenvalue weighted by molar-refractivity contribution is 5.78. The molecule has 0 saturated heterocycles. The minimum absolute atomic E-state index is 0.0915. The number of carbonyl (C=O) groups excluding carboxylic acids is 1. The Morgan fingerprint density at radius 1 is 1.16 bits per heavy atom. The lowest BCUT2D eigenvalue weighted by Crippen LogP contribution is -2.31. The summed E-state index contributed by atoms with van der Waals surface area (Å²) in [5.41, 5.74) is 1.70. The molecule has 0 aliphatic carbocycles. The van der Waals surface area contributed by atoms with E-state index < -0.39 is 0 Å². The third-order valence-corrected chi connectivity index (χ3v) is 3.68. The highest BCUT2D eigenvalue weighted by atomic mass is 16.5. The van der Waals surface area contributed by atoms with Crippen LogP contribution in [0.4, 0.5) is 0 Å². The molecule has 1 atom stereocenters. The first kappa shape index (κ1) is 16.7. The molecule has 128 valence electrons. The summed E-state index contributed by atoms with van der Waals surface area (Å²) in [7, 11) is 0. The summed E-state index contributed by atoms with van der Waals surface area (Å²) in [5.74, 6) is 1.23. The standard InChI is InChI=1S/C19H19N3O3/c1-13(15-8-4-3-5-9-15)20-18(23)12-24-17-11-7-6-10-16(17)19-21-14(2)22-25-19/h3-11,13H,12H2,1-2H3,(H,20,23). The number of nitrogens with zero attached hydrogens (tertiary/aromatic N) is 2. The zero-order valence-electron chi connectivity index (χ0n) is 14.1. The molecule has 0 bridgehead atoms. The minimum Gasteiger partial charge on any atom is -0.483 e. The molecule has 0 aliphatic heterocycles. The van der Waals surface area contributed by atoms with Gasteiger partial charge in [0.15, 0.2) is 12.4 Å². The van der Waals surface area contributed by atoms with Gasteiger partial charge < -0.3 is 14.6 Å². The molecule has 0 saturated carbocycles. The fraction of sp³-hybridized carbons (Fsp3) is 0.211. The fourth-order valence-electron chi connectivity index (χ4n) is 2.43. The first-order valence-corrected chi connectivity index (χ1v) is 8.00. The van der Waals surface area contributed by atoms with Gasteiger partial charge in [-0.05, 0) is 31.5 Å². The normalized spacial score (nSPS) is 11.8. The van der Waals surface area contributed by atoms with E-state index in [9.17, 15) is 4.79 Å². The van der Waals surface area contributed by atoms with Crippen LogP contribution in [0.5, 0.6) is 5.75 Å². The molecule has 6 nitrogen and oxygen atoms in total. The molecular weight excluding hydrogens is 318 g/mol. The number of hydrogen-bond donors (Lipinski definition) is 1. The van der Waals surface area contributed by atoms with E-state index in [1.807, 2.05) is 55.5 Å². The summed E-state index contributed by atoms with van der Waals surface area (Å²) in [6, 6.07) is 16.9. The average Bonchev–Trinajstić information content (AvgIpc) is 3.07. The number of para-hydroxylation sites is 1. The highest BCUT2D eigenvalue weighted by Gasteiger charge is 2.14. The fourth-order valence-corrected chi connectivity index (χ4v) is 2.43. The molecule has 0 radical (unpaired) electrons. The number of amides is 1. The molecule has 3 aromatic rings. The Kier molecular flexibility index (Phi) is 5.09. The molecule has 0 spiro atoms. The Morgan fingerprint density at radius 2 is 1.88 bits per heavy atom. The van der Waals surface area contributed by atoms with E-state index in [0.29, 0.717) is 23.0 Å². The average molecular weight is 337 g/mol. The Morgan fingerprint density at radius 3 is 2.60 bits per heavy atom. The predicted octanol–water partition coefficient (Wildman–Crippen LogP) is 3.30. The summed E-state index contributed by atoms with van der Waals surface area (Å²) >= 11 is 0. The first-order chi connectivity index (χ1) is 12.1. The first-order valence-electron chi connectivity index (χ1n) is 8.00. The summed E-state index contributed by atoms with van der Waals surface area (Å²) in [4.78, 5) is 16.4. The molecule has 1 heterocycles. The van der Waals surface area contributed by atoms with E-state index in [2.05, 4.69) is 15.5 Å². The molecule has 1 unspecified atom stereocenters. The molecule has 1 aromatic heterocycles. The third kappa shape index (κ3) is 4.23. The van der Waals surface area contributed by atoms with Crippen molar-refractivity contribution in [2.45, 2.75) is 19.9 Å². The van der Waals surface area contributed by atoms with E-state index in [1.165, 1.54) is 0 Å². The van der Waals surface area contributed by atoms with Crippen LogP contribution in [0.3, 0.4) is 0 Å². The summed E-state index contributed by atoms with van der Waals surface area (Å²) in [6.45, 7) is 3.58. The Balaban J connectivity index is 1.63. The molecule has 1 amide bonds. The van der Waals surface area contributed by atoms with Gasteiger partial charge in [-0.1, -0.05) is 47.6 Å². The van der Waals surface area contributed by atoms with Crippen LogP contribution in [0.1, 0.15) is 24.4 Å². The topological polar surface area (TPSA) is 77.2 Å². The zero-order valence-corrected chi connectivity index (χ0v) is 14.1.